The molecular weight excluding hydrogens is 751 g/mol. The Kier molecular flexibility index (Phi) is 33.6. The van der Waals surface area contributed by atoms with Gasteiger partial charge >= 0.3 is 121 Å². The molecule has 0 N–H and O–H groups in total. The monoisotopic (exact) mass is 824 g/mol. The van der Waals surface area contributed by atoms with Crippen LogP contribution in [0.15, 0.2) is 22.9 Å². The Balaban J connectivity index is 0.000000705. The van der Waals surface area contributed by atoms with Crippen molar-refractivity contribution >= 4 is 55.8 Å². The average Bonchev–Trinajstić information content (AvgIpc) is 3.77. The molecule has 0 radical (unpaired) electrons. The van der Waals surface area contributed by atoms with E-state index in [1.54, 1.807) is 21.7 Å². The Labute approximate surface area is 320 Å². The Morgan fingerprint density at radius 2 is 0.898 bits per heavy atom. The number of carbonyl (C=O) groups is 2. The number of carbonyl (C=O) groups excluding carboxylic acids is 2. The second-order valence-electron chi connectivity index (χ2n) is 13.7. The molecule has 2 aromatic rings. The predicted octanol–water partition coefficient (Wildman–Crippen LogP) is 12.0. The molecule has 0 aliphatic rings. The van der Waals surface area contributed by atoms with Gasteiger partial charge in [-0.05, 0) is 58.7 Å². The summed E-state index contributed by atoms with van der Waals surface area (Å²) in [6.07, 6.45) is 29.0. The van der Waals surface area contributed by atoms with Crippen LogP contribution >= 0.6 is 22.7 Å². The number of hydrogen-bond acceptors (Lipinski definition) is 6. The van der Waals surface area contributed by atoms with Crippen molar-refractivity contribution in [2.45, 2.75) is 192 Å². The Hall–Kier alpha value is -0.861. The van der Waals surface area contributed by atoms with Gasteiger partial charge in [0.2, 0.25) is 0 Å². The molecule has 49 heavy (non-hydrogen) atoms. The molecule has 4 nitrogen and oxygen atoms in total. The van der Waals surface area contributed by atoms with Crippen LogP contribution in [0.4, 0.5) is 0 Å². The molecule has 0 spiro atoms. The Bertz CT molecular complexity index is 953. The molecule has 0 fully saturated rings. The summed E-state index contributed by atoms with van der Waals surface area (Å²) >= 11 is 2.62. The number of aromatic carboxylic acids is 2. The topological polar surface area (TPSA) is 80.3 Å². The van der Waals surface area contributed by atoms with Crippen molar-refractivity contribution in [1.29, 1.82) is 0 Å². The van der Waals surface area contributed by atoms with Crippen molar-refractivity contribution in [2.75, 3.05) is 0 Å². The van der Waals surface area contributed by atoms with E-state index in [2.05, 4.69) is 41.5 Å². The van der Waals surface area contributed by atoms with Crippen molar-refractivity contribution in [3.63, 3.8) is 0 Å². The molecular formula is C42H72O4S2Sn. The van der Waals surface area contributed by atoms with E-state index < -0.39 is 11.9 Å². The first kappa shape index (κ1) is 48.1. The van der Waals surface area contributed by atoms with Crippen LogP contribution in [0, 0.1) is 11.8 Å². The van der Waals surface area contributed by atoms with Gasteiger partial charge in [-0.25, -0.2) is 0 Å². The summed E-state index contributed by atoms with van der Waals surface area (Å²) in [5.74, 6) is -0.856. The van der Waals surface area contributed by atoms with Gasteiger partial charge in [0.15, 0.2) is 0 Å². The molecule has 0 bridgehead atoms. The third kappa shape index (κ3) is 25.7. The minimum atomic E-state index is -1.03. The standard InChI is InChI=1S/2C13H20O2S.2C8H17.Sn/c2*1-3-5-6-10(4-2)9-11-7-8-16-12(11)13(14)15;2*1-3-5-7-8-6-4-2;/h2*7-8,10H,3-6,9H2,1-2H3,(H,14,15);2*1,3-8H2,2H3;/q;;;;+2/p-2. The van der Waals surface area contributed by atoms with Gasteiger partial charge in [0.05, 0.1) is 21.7 Å². The second kappa shape index (κ2) is 34.2. The van der Waals surface area contributed by atoms with Crippen LogP contribution in [0.25, 0.3) is 0 Å². The SMILES string of the molecule is CCCCC(CC)Cc1ccsc1C(=O)[O-].CCCCC(CC)Cc1ccsc1C(=O)[O-].CCCCCCC[CH2][Sn+2][CH2]CCCCCCC. The summed E-state index contributed by atoms with van der Waals surface area (Å²) < 4.78 is 3.31. The first-order chi connectivity index (χ1) is 23.8. The first-order valence-electron chi connectivity index (χ1n) is 20.0. The molecule has 2 rings (SSSR count). The van der Waals surface area contributed by atoms with E-state index in [1.807, 2.05) is 22.9 Å². The molecule has 280 valence electrons. The molecule has 0 aliphatic carbocycles. The molecule has 0 amide bonds. The maximum absolute atomic E-state index is 10.9. The normalized spacial score (nSPS) is 11.9. The van der Waals surface area contributed by atoms with Crippen molar-refractivity contribution in [1.82, 2.24) is 0 Å². The van der Waals surface area contributed by atoms with Crippen molar-refractivity contribution in [2.24, 2.45) is 11.8 Å². The molecule has 7 heteroatoms. The van der Waals surface area contributed by atoms with Gasteiger partial charge in [-0.1, -0.05) is 79.1 Å². The van der Waals surface area contributed by atoms with Gasteiger partial charge in [0.25, 0.3) is 0 Å². The molecule has 0 saturated heterocycles. The fourth-order valence-electron chi connectivity index (χ4n) is 6.05. The van der Waals surface area contributed by atoms with Crippen LogP contribution in [0.2, 0.25) is 8.87 Å². The van der Waals surface area contributed by atoms with E-state index in [4.69, 9.17) is 0 Å². The Morgan fingerprint density at radius 1 is 0.551 bits per heavy atom. The summed E-state index contributed by atoms with van der Waals surface area (Å²) in [5.41, 5.74) is 1.90. The van der Waals surface area contributed by atoms with Crippen LogP contribution < -0.4 is 10.2 Å². The van der Waals surface area contributed by atoms with Crippen molar-refractivity contribution in [3.8, 4) is 0 Å². The minimum absolute atomic E-state index is 0.0736. The molecule has 2 unspecified atom stereocenters. The van der Waals surface area contributed by atoms with Gasteiger partial charge in [-0.2, -0.15) is 0 Å². The van der Waals surface area contributed by atoms with Crippen LogP contribution in [0.1, 0.15) is 200 Å². The van der Waals surface area contributed by atoms with Crippen LogP contribution in [0.5, 0.6) is 0 Å². The van der Waals surface area contributed by atoms with Gasteiger partial charge in [0, 0.05) is 0 Å². The first-order valence-corrected chi connectivity index (χ1v) is 25.8. The van der Waals surface area contributed by atoms with Gasteiger partial charge < -0.3 is 19.8 Å². The van der Waals surface area contributed by atoms with E-state index >= 15 is 0 Å². The van der Waals surface area contributed by atoms with Crippen LogP contribution in [0.3, 0.4) is 0 Å². The zero-order valence-corrected chi connectivity index (χ0v) is 36.9. The molecule has 0 aromatic carbocycles. The fourth-order valence-corrected chi connectivity index (χ4v) is 11.1. The molecule has 2 aromatic heterocycles. The summed E-state index contributed by atoms with van der Waals surface area (Å²) in [4.78, 5) is 22.6. The molecule has 0 aliphatic heterocycles. The van der Waals surface area contributed by atoms with Crippen molar-refractivity contribution in [3.05, 3.63) is 43.8 Å². The second-order valence-corrected chi connectivity index (χ2v) is 19.8. The fraction of sp³-hybridized carbons (Fsp3) is 0.762. The zero-order valence-electron chi connectivity index (χ0n) is 32.4. The Morgan fingerprint density at radius 3 is 1.22 bits per heavy atom. The molecule has 0 saturated carbocycles. The number of carboxylic acids is 2. The predicted molar refractivity (Wildman–Crippen MR) is 213 cm³/mol. The third-order valence-electron chi connectivity index (χ3n) is 9.38. The number of rotatable bonds is 28. The third-order valence-corrected chi connectivity index (χ3v) is 15.3. The van der Waals surface area contributed by atoms with Gasteiger partial charge in [0.1, 0.15) is 0 Å². The quantitative estimate of drug-likeness (QED) is 0.0632. The summed E-state index contributed by atoms with van der Waals surface area (Å²) in [6.45, 7) is 13.3. The van der Waals surface area contributed by atoms with Crippen LogP contribution in [-0.2, 0) is 12.8 Å². The summed E-state index contributed by atoms with van der Waals surface area (Å²) in [5, 5.41) is 25.4. The van der Waals surface area contributed by atoms with E-state index in [1.165, 1.54) is 125 Å². The van der Waals surface area contributed by atoms with E-state index in [-0.39, 0.29) is 21.1 Å². The molecule has 2 atom stereocenters. The van der Waals surface area contributed by atoms with Gasteiger partial charge in [-0.3, -0.25) is 0 Å². The summed E-state index contributed by atoms with van der Waals surface area (Å²) in [7, 11) is 0. The van der Waals surface area contributed by atoms with E-state index in [0.29, 0.717) is 21.6 Å². The number of unbranched alkanes of at least 4 members (excludes halogenated alkanes) is 12. The summed E-state index contributed by atoms with van der Waals surface area (Å²) in [6, 6.07) is 3.84. The molecule has 2 heterocycles. The van der Waals surface area contributed by atoms with E-state index in [9.17, 15) is 19.8 Å². The zero-order chi connectivity index (χ0) is 36.5. The van der Waals surface area contributed by atoms with E-state index in [0.717, 1.165) is 36.8 Å². The number of thiophene rings is 2. The maximum atomic E-state index is 10.9. The van der Waals surface area contributed by atoms with Crippen molar-refractivity contribution < 1.29 is 19.8 Å². The number of carboxylic acid groups (broad SMARTS) is 2. The average molecular weight is 824 g/mol. The number of hydrogen-bond donors (Lipinski definition) is 0. The van der Waals surface area contributed by atoms with Crippen LogP contribution in [-0.4, -0.2) is 33.1 Å². The van der Waals surface area contributed by atoms with Gasteiger partial charge in [-0.15, -0.1) is 22.7 Å².